The van der Waals surface area contributed by atoms with Gasteiger partial charge < -0.3 is 4.57 Å². The van der Waals surface area contributed by atoms with Crippen LogP contribution in [0.2, 0.25) is 0 Å². The number of nitrogens with zero attached hydrogens (tertiary/aromatic N) is 1. The molecule has 0 N–H and O–H groups in total. The molecular weight excluding hydrogens is 502 g/mol. The third-order valence-electron chi connectivity index (χ3n) is 8.36. The van der Waals surface area contributed by atoms with E-state index in [1.165, 1.54) is 80.3 Å². The molecule has 1 nitrogen and oxygen atoms in total. The van der Waals surface area contributed by atoms with Crippen LogP contribution in [0.4, 0.5) is 0 Å². The second kappa shape index (κ2) is 8.29. The molecule has 0 saturated carbocycles. The van der Waals surface area contributed by atoms with Crippen molar-refractivity contribution in [3.63, 3.8) is 0 Å². The van der Waals surface area contributed by atoms with Gasteiger partial charge in [-0.05, 0) is 51.6 Å². The lowest BCUT2D eigenvalue weighted by atomic mass is 9.97. The van der Waals surface area contributed by atoms with Crippen LogP contribution in [0.1, 0.15) is 0 Å². The number of hydrogen-bond donors (Lipinski definition) is 0. The van der Waals surface area contributed by atoms with E-state index in [-0.39, 0.29) is 0 Å². The van der Waals surface area contributed by atoms with E-state index in [1.54, 1.807) is 0 Å². The van der Waals surface area contributed by atoms with Gasteiger partial charge in [0.15, 0.2) is 0 Å². The molecule has 2 heteroatoms. The fourth-order valence-electron chi connectivity index (χ4n) is 6.64. The number of rotatable bonds is 2. The number of benzene rings is 7. The van der Waals surface area contributed by atoms with Crippen LogP contribution in [-0.2, 0) is 0 Å². The van der Waals surface area contributed by atoms with Gasteiger partial charge in [0, 0.05) is 31.6 Å². The first-order valence-electron chi connectivity index (χ1n) is 13.7. The van der Waals surface area contributed by atoms with Gasteiger partial charge in [-0.2, -0.15) is 0 Å². The average molecular weight is 526 g/mol. The predicted octanol–water partition coefficient (Wildman–Crippen LogP) is 11.1. The molecule has 0 atom stereocenters. The molecule has 0 aliphatic carbocycles. The van der Waals surface area contributed by atoms with Gasteiger partial charge in [0.2, 0.25) is 0 Å². The summed E-state index contributed by atoms with van der Waals surface area (Å²) in [5.74, 6) is 0. The SMILES string of the molecule is c1ccc(-c2ccc3sc4c(c3c2)c2ccccc2c2c3ccccc3n(-c3cccc5ccccc35)c42)cc1. The van der Waals surface area contributed by atoms with Gasteiger partial charge in [-0.3, -0.25) is 0 Å². The van der Waals surface area contributed by atoms with Crippen molar-refractivity contribution in [2.45, 2.75) is 0 Å². The fourth-order valence-corrected chi connectivity index (χ4v) is 7.88. The van der Waals surface area contributed by atoms with Crippen molar-refractivity contribution < 1.29 is 0 Å². The van der Waals surface area contributed by atoms with E-state index in [0.29, 0.717) is 0 Å². The van der Waals surface area contributed by atoms with E-state index in [9.17, 15) is 0 Å². The molecule has 2 heterocycles. The molecule has 0 aliphatic rings. The average Bonchev–Trinajstić information content (AvgIpc) is 3.58. The third kappa shape index (κ3) is 2.97. The normalized spacial score (nSPS) is 12.0. The van der Waals surface area contributed by atoms with Crippen LogP contribution in [-0.4, -0.2) is 4.57 Å². The summed E-state index contributed by atoms with van der Waals surface area (Å²) in [7, 11) is 0. The number of aromatic nitrogens is 1. The van der Waals surface area contributed by atoms with Gasteiger partial charge in [0.05, 0.1) is 21.4 Å². The zero-order valence-electron chi connectivity index (χ0n) is 21.6. The highest BCUT2D eigenvalue weighted by Crippen LogP contribution is 2.48. The first kappa shape index (κ1) is 22.0. The van der Waals surface area contributed by atoms with E-state index >= 15 is 0 Å². The highest BCUT2D eigenvalue weighted by Gasteiger charge is 2.22. The Morgan fingerprint density at radius 1 is 0.450 bits per heavy atom. The lowest BCUT2D eigenvalue weighted by Gasteiger charge is -2.13. The van der Waals surface area contributed by atoms with Crippen LogP contribution in [0.15, 0.2) is 140 Å². The molecule has 9 aromatic rings. The third-order valence-corrected chi connectivity index (χ3v) is 9.54. The summed E-state index contributed by atoms with van der Waals surface area (Å²) in [5.41, 5.74) is 6.27. The molecule has 0 saturated heterocycles. The summed E-state index contributed by atoms with van der Waals surface area (Å²) < 4.78 is 5.19. The minimum atomic E-state index is 1.23. The van der Waals surface area contributed by atoms with Gasteiger partial charge >= 0.3 is 0 Å². The lowest BCUT2D eigenvalue weighted by molar-refractivity contribution is 1.21. The van der Waals surface area contributed by atoms with E-state index in [1.807, 2.05) is 11.3 Å². The van der Waals surface area contributed by atoms with Crippen LogP contribution in [0.25, 0.3) is 80.3 Å². The van der Waals surface area contributed by atoms with Crippen LogP contribution >= 0.6 is 11.3 Å². The number of fused-ring (bicyclic) bond motifs is 11. The van der Waals surface area contributed by atoms with Gasteiger partial charge in [-0.25, -0.2) is 0 Å². The van der Waals surface area contributed by atoms with Crippen LogP contribution < -0.4 is 0 Å². The van der Waals surface area contributed by atoms with Crippen molar-refractivity contribution in [3.05, 3.63) is 140 Å². The molecule has 0 unspecified atom stereocenters. The predicted molar refractivity (Wildman–Crippen MR) is 174 cm³/mol. The fraction of sp³-hybridized carbons (Fsp3) is 0. The monoisotopic (exact) mass is 525 g/mol. The standard InChI is InChI=1S/C38H23NS/c1-2-11-24(12-3-1)26-21-22-34-31(23-26)36-29-17-7-6-16-28(29)35-30-18-8-9-19-33(30)39(37(35)38(36)40-34)32-20-10-14-25-13-4-5-15-27(25)32/h1-23H. The summed E-state index contributed by atoms with van der Waals surface area (Å²) in [6.45, 7) is 0. The largest absolute Gasteiger partial charge is 0.307 e. The van der Waals surface area contributed by atoms with E-state index in [4.69, 9.17) is 0 Å². The van der Waals surface area contributed by atoms with Gasteiger partial charge in [-0.15, -0.1) is 11.3 Å². The second-order valence-electron chi connectivity index (χ2n) is 10.5. The lowest BCUT2D eigenvalue weighted by Crippen LogP contribution is -1.95. The Balaban J connectivity index is 1.54. The maximum Gasteiger partial charge on any atom is 0.0726 e. The second-order valence-corrected chi connectivity index (χ2v) is 11.6. The van der Waals surface area contributed by atoms with Crippen molar-refractivity contribution in [2.24, 2.45) is 0 Å². The molecule has 40 heavy (non-hydrogen) atoms. The molecular formula is C38H23NS. The molecule has 9 rings (SSSR count). The molecule has 2 aromatic heterocycles. The topological polar surface area (TPSA) is 4.93 Å². The Morgan fingerprint density at radius 3 is 1.98 bits per heavy atom. The van der Waals surface area contributed by atoms with Crippen molar-refractivity contribution in [1.82, 2.24) is 4.57 Å². The highest BCUT2D eigenvalue weighted by atomic mass is 32.1. The van der Waals surface area contributed by atoms with E-state index < -0.39 is 0 Å². The smallest absolute Gasteiger partial charge is 0.0726 e. The first-order chi connectivity index (χ1) is 19.9. The maximum absolute atomic E-state index is 2.52. The Morgan fingerprint density at radius 2 is 1.12 bits per heavy atom. The molecule has 186 valence electrons. The van der Waals surface area contributed by atoms with Crippen molar-refractivity contribution in [3.8, 4) is 16.8 Å². The molecule has 0 radical (unpaired) electrons. The molecule has 0 aliphatic heterocycles. The molecule has 0 amide bonds. The number of thiophene rings is 1. The molecule has 7 aromatic carbocycles. The summed E-state index contributed by atoms with van der Waals surface area (Å²) in [4.78, 5) is 0. The summed E-state index contributed by atoms with van der Waals surface area (Å²) in [6.07, 6.45) is 0. The number of hydrogen-bond acceptors (Lipinski definition) is 1. The highest BCUT2D eigenvalue weighted by molar-refractivity contribution is 7.27. The quantitative estimate of drug-likeness (QED) is 0.211. The zero-order valence-corrected chi connectivity index (χ0v) is 22.5. The minimum absolute atomic E-state index is 1.23. The van der Waals surface area contributed by atoms with Crippen molar-refractivity contribution in [2.75, 3.05) is 0 Å². The Hall–Kier alpha value is -4.92. The maximum atomic E-state index is 2.52. The van der Waals surface area contributed by atoms with Crippen LogP contribution in [0.3, 0.4) is 0 Å². The molecule has 0 spiro atoms. The minimum Gasteiger partial charge on any atom is -0.307 e. The Bertz CT molecular complexity index is 2420. The van der Waals surface area contributed by atoms with Gasteiger partial charge in [0.1, 0.15) is 0 Å². The molecule has 0 bridgehead atoms. The summed E-state index contributed by atoms with van der Waals surface area (Å²) in [6, 6.07) is 51.0. The first-order valence-corrected chi connectivity index (χ1v) is 14.5. The Kier molecular flexibility index (Phi) is 4.55. The Labute approximate surface area is 235 Å². The molecule has 0 fully saturated rings. The van der Waals surface area contributed by atoms with Gasteiger partial charge in [0.25, 0.3) is 0 Å². The zero-order chi connectivity index (χ0) is 26.2. The van der Waals surface area contributed by atoms with Crippen molar-refractivity contribution in [1.29, 1.82) is 0 Å². The van der Waals surface area contributed by atoms with Crippen LogP contribution in [0.5, 0.6) is 0 Å². The number of para-hydroxylation sites is 1. The van der Waals surface area contributed by atoms with E-state index in [0.717, 1.165) is 0 Å². The summed E-state index contributed by atoms with van der Waals surface area (Å²) >= 11 is 1.92. The van der Waals surface area contributed by atoms with Crippen molar-refractivity contribution >= 4 is 74.9 Å². The summed E-state index contributed by atoms with van der Waals surface area (Å²) in [5, 5.41) is 10.5. The van der Waals surface area contributed by atoms with E-state index in [2.05, 4.69) is 144 Å². The van der Waals surface area contributed by atoms with Gasteiger partial charge in [-0.1, -0.05) is 115 Å². The van der Waals surface area contributed by atoms with Crippen LogP contribution in [0, 0.1) is 0 Å².